The Balaban J connectivity index is 1.96. The Morgan fingerprint density at radius 1 is 1.03 bits per heavy atom. The van der Waals surface area contributed by atoms with E-state index in [0.29, 0.717) is 11.1 Å². The van der Waals surface area contributed by atoms with Crippen LogP contribution in [0.4, 0.5) is 5.82 Å². The van der Waals surface area contributed by atoms with E-state index in [4.69, 9.17) is 9.84 Å². The van der Waals surface area contributed by atoms with E-state index in [0.717, 1.165) is 30.4 Å². The summed E-state index contributed by atoms with van der Waals surface area (Å²) in [6.45, 7) is 3.92. The number of ether oxygens (including phenoxy) is 1. The lowest BCUT2D eigenvalue weighted by molar-refractivity contribution is 0.197. The third kappa shape index (κ3) is 5.80. The van der Waals surface area contributed by atoms with Crippen LogP contribution in [0.5, 0.6) is 5.88 Å². The summed E-state index contributed by atoms with van der Waals surface area (Å²) in [7, 11) is -3.87. The van der Waals surface area contributed by atoms with Gasteiger partial charge in [-0.15, -0.1) is 0 Å². The molecule has 0 atom stereocenters. The molecular formula is C23H27N3O4S. The van der Waals surface area contributed by atoms with Gasteiger partial charge in [-0.2, -0.15) is 0 Å². The number of aliphatic hydroxyl groups excluding tert-OH is 1. The van der Waals surface area contributed by atoms with Crippen LogP contribution in [0.2, 0.25) is 0 Å². The number of unbranched alkanes of at least 4 members (excludes halogenated alkanes) is 1. The number of nitrogens with one attached hydrogen (secondary N) is 1. The molecule has 31 heavy (non-hydrogen) atoms. The first-order valence-corrected chi connectivity index (χ1v) is 11.7. The molecule has 0 aliphatic rings. The third-order valence-electron chi connectivity index (χ3n) is 4.77. The van der Waals surface area contributed by atoms with E-state index in [1.165, 1.54) is 6.33 Å². The first-order chi connectivity index (χ1) is 14.9. The standard InChI is InChI=1S/C23H27N3O4S/c1-3-4-5-18-8-12-20(13-9-18)31(28,29)26-22-21(19-10-6-17(2)7-11-19)23(25-16-24-22)30-15-14-27/h6-13,16,27H,3-5,14-15H2,1-2H3,(H,24,25,26). The van der Waals surface area contributed by atoms with Crippen molar-refractivity contribution in [1.29, 1.82) is 0 Å². The molecule has 1 heterocycles. The van der Waals surface area contributed by atoms with Gasteiger partial charge in [-0.05, 0) is 43.0 Å². The molecule has 0 radical (unpaired) electrons. The topological polar surface area (TPSA) is 101 Å². The third-order valence-corrected chi connectivity index (χ3v) is 6.12. The predicted molar refractivity (Wildman–Crippen MR) is 121 cm³/mol. The van der Waals surface area contributed by atoms with E-state index >= 15 is 0 Å². The molecule has 0 saturated heterocycles. The van der Waals surface area contributed by atoms with Gasteiger partial charge in [-0.25, -0.2) is 18.4 Å². The molecule has 8 heteroatoms. The van der Waals surface area contributed by atoms with Crippen molar-refractivity contribution >= 4 is 15.8 Å². The molecule has 1 aromatic heterocycles. The van der Waals surface area contributed by atoms with Crippen LogP contribution in [0.25, 0.3) is 11.1 Å². The van der Waals surface area contributed by atoms with Gasteiger partial charge in [0.1, 0.15) is 12.9 Å². The fraction of sp³-hybridized carbons (Fsp3) is 0.304. The summed E-state index contributed by atoms with van der Waals surface area (Å²) < 4.78 is 34.2. The number of benzene rings is 2. The molecule has 2 N–H and O–H groups in total. The Labute approximate surface area is 183 Å². The quantitative estimate of drug-likeness (QED) is 0.494. The molecular weight excluding hydrogens is 414 g/mol. The monoisotopic (exact) mass is 441 g/mol. The number of hydrogen-bond acceptors (Lipinski definition) is 6. The number of aryl methyl sites for hydroxylation is 2. The predicted octanol–water partition coefficient (Wildman–Crippen LogP) is 3.97. The van der Waals surface area contributed by atoms with Gasteiger partial charge in [0.15, 0.2) is 5.82 Å². The zero-order chi connectivity index (χ0) is 22.3. The minimum absolute atomic E-state index is 0.0291. The highest BCUT2D eigenvalue weighted by Crippen LogP contribution is 2.35. The number of anilines is 1. The van der Waals surface area contributed by atoms with Gasteiger partial charge in [0.05, 0.1) is 17.1 Å². The number of aliphatic hydroxyl groups is 1. The maximum Gasteiger partial charge on any atom is 0.263 e. The summed E-state index contributed by atoms with van der Waals surface area (Å²) in [5.74, 6) is 0.308. The van der Waals surface area contributed by atoms with E-state index < -0.39 is 10.0 Å². The van der Waals surface area contributed by atoms with Crippen LogP contribution >= 0.6 is 0 Å². The Kier molecular flexibility index (Phi) is 7.59. The molecule has 0 aliphatic carbocycles. The highest BCUT2D eigenvalue weighted by atomic mass is 32.2. The molecule has 0 amide bonds. The molecule has 164 valence electrons. The van der Waals surface area contributed by atoms with Gasteiger partial charge in [0.25, 0.3) is 10.0 Å². The second-order valence-corrected chi connectivity index (χ2v) is 8.88. The van der Waals surface area contributed by atoms with Crippen molar-refractivity contribution in [2.24, 2.45) is 0 Å². The van der Waals surface area contributed by atoms with Gasteiger partial charge in [0.2, 0.25) is 5.88 Å². The van der Waals surface area contributed by atoms with E-state index in [1.807, 2.05) is 43.3 Å². The lowest BCUT2D eigenvalue weighted by Gasteiger charge is -2.15. The number of sulfonamides is 1. The molecule has 0 spiro atoms. The summed E-state index contributed by atoms with van der Waals surface area (Å²) in [6, 6.07) is 14.4. The van der Waals surface area contributed by atoms with Gasteiger partial charge >= 0.3 is 0 Å². The molecule has 7 nitrogen and oxygen atoms in total. The lowest BCUT2D eigenvalue weighted by Crippen LogP contribution is -2.16. The summed E-state index contributed by atoms with van der Waals surface area (Å²) >= 11 is 0. The second kappa shape index (κ2) is 10.4. The first kappa shape index (κ1) is 22.7. The maximum absolute atomic E-state index is 13.0. The van der Waals surface area contributed by atoms with Crippen LogP contribution in [-0.2, 0) is 16.4 Å². The van der Waals surface area contributed by atoms with Crippen LogP contribution in [0.15, 0.2) is 59.8 Å². The number of hydrogen-bond donors (Lipinski definition) is 2. The zero-order valence-electron chi connectivity index (χ0n) is 17.7. The minimum atomic E-state index is -3.87. The summed E-state index contributed by atoms with van der Waals surface area (Å²) in [5.41, 5.74) is 3.28. The summed E-state index contributed by atoms with van der Waals surface area (Å²) in [6.07, 6.45) is 4.29. The SMILES string of the molecule is CCCCc1ccc(S(=O)(=O)Nc2ncnc(OCCO)c2-c2ccc(C)cc2)cc1. The van der Waals surface area contributed by atoms with Crippen molar-refractivity contribution in [3.63, 3.8) is 0 Å². The molecule has 0 bridgehead atoms. The van der Waals surface area contributed by atoms with Gasteiger partial charge < -0.3 is 9.84 Å². The molecule has 0 aliphatic heterocycles. The van der Waals surface area contributed by atoms with Gasteiger partial charge in [-0.3, -0.25) is 4.72 Å². The first-order valence-electron chi connectivity index (χ1n) is 10.2. The van der Waals surface area contributed by atoms with Crippen LogP contribution in [-0.4, -0.2) is 36.7 Å². The fourth-order valence-corrected chi connectivity index (χ4v) is 4.10. The highest BCUT2D eigenvalue weighted by Gasteiger charge is 2.21. The second-order valence-electron chi connectivity index (χ2n) is 7.19. The van der Waals surface area contributed by atoms with Crippen LogP contribution in [0, 0.1) is 6.92 Å². The Bertz CT molecular complexity index is 1100. The van der Waals surface area contributed by atoms with Crippen molar-refractivity contribution in [1.82, 2.24) is 9.97 Å². The van der Waals surface area contributed by atoms with Gasteiger partial charge in [0, 0.05) is 0 Å². The summed E-state index contributed by atoms with van der Waals surface area (Å²) in [5, 5.41) is 9.13. The number of nitrogens with zero attached hydrogens (tertiary/aromatic N) is 2. The van der Waals surface area contributed by atoms with E-state index in [-0.39, 0.29) is 29.8 Å². The fourth-order valence-electron chi connectivity index (χ4n) is 3.08. The largest absolute Gasteiger partial charge is 0.475 e. The maximum atomic E-state index is 13.0. The summed E-state index contributed by atoms with van der Waals surface area (Å²) in [4.78, 5) is 8.46. The highest BCUT2D eigenvalue weighted by molar-refractivity contribution is 7.92. The van der Waals surface area contributed by atoms with E-state index in [2.05, 4.69) is 21.6 Å². The minimum Gasteiger partial charge on any atom is -0.475 e. The molecule has 0 unspecified atom stereocenters. The van der Waals surface area contributed by atoms with E-state index in [9.17, 15) is 8.42 Å². The Morgan fingerprint density at radius 2 is 1.74 bits per heavy atom. The van der Waals surface area contributed by atoms with Crippen molar-refractivity contribution < 1.29 is 18.3 Å². The smallest absolute Gasteiger partial charge is 0.263 e. The molecule has 3 aromatic rings. The van der Waals surface area contributed by atoms with Crippen molar-refractivity contribution in [2.45, 2.75) is 38.0 Å². The molecule has 0 fully saturated rings. The van der Waals surface area contributed by atoms with E-state index in [1.54, 1.807) is 12.1 Å². The Morgan fingerprint density at radius 3 is 2.39 bits per heavy atom. The van der Waals surface area contributed by atoms with Crippen molar-refractivity contribution in [2.75, 3.05) is 17.9 Å². The van der Waals surface area contributed by atoms with Gasteiger partial charge in [-0.1, -0.05) is 55.3 Å². The normalized spacial score (nSPS) is 11.3. The van der Waals surface area contributed by atoms with Crippen molar-refractivity contribution in [3.8, 4) is 17.0 Å². The average Bonchev–Trinajstić information content (AvgIpc) is 2.77. The number of aromatic nitrogens is 2. The lowest BCUT2D eigenvalue weighted by atomic mass is 10.1. The van der Waals surface area contributed by atoms with Crippen LogP contribution in [0.1, 0.15) is 30.9 Å². The Hall–Kier alpha value is -2.97. The molecule has 2 aromatic carbocycles. The van der Waals surface area contributed by atoms with Crippen LogP contribution < -0.4 is 9.46 Å². The average molecular weight is 442 g/mol. The molecule has 3 rings (SSSR count). The van der Waals surface area contributed by atoms with Crippen molar-refractivity contribution in [3.05, 3.63) is 66.0 Å². The molecule has 0 saturated carbocycles. The van der Waals surface area contributed by atoms with Crippen LogP contribution in [0.3, 0.4) is 0 Å². The number of rotatable bonds is 10. The zero-order valence-corrected chi connectivity index (χ0v) is 18.5.